The summed E-state index contributed by atoms with van der Waals surface area (Å²) in [5.41, 5.74) is 0.459. The summed E-state index contributed by atoms with van der Waals surface area (Å²) >= 11 is 12.1. The first-order chi connectivity index (χ1) is 11.6. The molecule has 2 aromatic rings. The van der Waals surface area contributed by atoms with E-state index in [-0.39, 0.29) is 33.0 Å². The van der Waals surface area contributed by atoms with Gasteiger partial charge in [0.15, 0.2) is 0 Å². The van der Waals surface area contributed by atoms with E-state index in [1.165, 1.54) is 23.0 Å². The minimum Gasteiger partial charge on any atom is -0.319 e. The van der Waals surface area contributed by atoms with Gasteiger partial charge in [0.2, 0.25) is 10.0 Å². The number of nitrogens with one attached hydrogen (secondary N) is 2. The van der Waals surface area contributed by atoms with Crippen molar-refractivity contribution >= 4 is 44.8 Å². The zero-order valence-electron chi connectivity index (χ0n) is 13.9. The minimum absolute atomic E-state index is 0.000147. The number of hydrogen-bond acceptors (Lipinski definition) is 4. The zero-order valence-corrected chi connectivity index (χ0v) is 16.2. The molecule has 0 saturated heterocycles. The van der Waals surface area contributed by atoms with E-state index in [9.17, 15) is 13.2 Å². The van der Waals surface area contributed by atoms with Gasteiger partial charge in [0.1, 0.15) is 4.90 Å². The smallest absolute Gasteiger partial charge is 0.257 e. The highest BCUT2D eigenvalue weighted by Crippen LogP contribution is 2.29. The van der Waals surface area contributed by atoms with Crippen molar-refractivity contribution in [2.45, 2.75) is 18.7 Å². The second-order valence-corrected chi connectivity index (χ2v) is 8.41. The van der Waals surface area contributed by atoms with Gasteiger partial charge in [0, 0.05) is 19.8 Å². The number of halogens is 2. The first kappa shape index (κ1) is 19.7. The third-order valence-electron chi connectivity index (χ3n) is 3.20. The number of carbonyl (C=O) groups is 1. The average Bonchev–Trinajstić information content (AvgIpc) is 2.90. The van der Waals surface area contributed by atoms with E-state index in [1.54, 1.807) is 13.2 Å². The molecular formula is C15H18Cl2N4O3S. The van der Waals surface area contributed by atoms with E-state index in [2.05, 4.69) is 15.1 Å². The van der Waals surface area contributed by atoms with Crippen LogP contribution in [0, 0.1) is 5.92 Å². The Balaban J connectivity index is 2.35. The monoisotopic (exact) mass is 404 g/mol. The lowest BCUT2D eigenvalue weighted by Crippen LogP contribution is -2.28. The van der Waals surface area contributed by atoms with E-state index >= 15 is 0 Å². The molecule has 2 N–H and O–H groups in total. The van der Waals surface area contributed by atoms with Gasteiger partial charge in [0.05, 0.1) is 27.5 Å². The van der Waals surface area contributed by atoms with Crippen LogP contribution in [0.3, 0.4) is 0 Å². The number of hydrogen-bond donors (Lipinski definition) is 2. The van der Waals surface area contributed by atoms with Crippen molar-refractivity contribution in [1.82, 2.24) is 14.5 Å². The third kappa shape index (κ3) is 4.94. The maximum Gasteiger partial charge on any atom is 0.257 e. The van der Waals surface area contributed by atoms with Crippen LogP contribution in [0.15, 0.2) is 29.4 Å². The Morgan fingerprint density at radius 3 is 2.52 bits per heavy atom. The minimum atomic E-state index is -3.86. The summed E-state index contributed by atoms with van der Waals surface area (Å²) in [5.74, 6) is -0.441. The van der Waals surface area contributed by atoms with Crippen molar-refractivity contribution in [2.24, 2.45) is 13.0 Å². The molecule has 1 amide bonds. The molecule has 0 atom stereocenters. The number of nitrogens with zero attached hydrogens (tertiary/aromatic N) is 2. The Morgan fingerprint density at radius 1 is 1.28 bits per heavy atom. The number of carbonyl (C=O) groups excluding carboxylic acids is 1. The van der Waals surface area contributed by atoms with Crippen LogP contribution in [-0.4, -0.2) is 30.7 Å². The van der Waals surface area contributed by atoms with Crippen LogP contribution in [0.1, 0.15) is 24.2 Å². The molecule has 0 aliphatic heterocycles. The fraction of sp³-hybridized carbons (Fsp3) is 0.333. The Labute approximate surface area is 156 Å². The third-order valence-corrected chi connectivity index (χ3v) is 5.40. The molecule has 0 saturated carbocycles. The molecule has 136 valence electrons. The number of rotatable bonds is 6. The topological polar surface area (TPSA) is 93.1 Å². The van der Waals surface area contributed by atoms with Crippen LogP contribution in [0.5, 0.6) is 0 Å². The second kappa shape index (κ2) is 7.74. The molecule has 10 heteroatoms. The number of benzene rings is 1. The predicted octanol–water partition coefficient (Wildman–Crippen LogP) is 2.91. The maximum atomic E-state index is 12.4. The summed E-state index contributed by atoms with van der Waals surface area (Å²) in [6.45, 7) is 4.00. The van der Waals surface area contributed by atoms with Crippen molar-refractivity contribution in [1.29, 1.82) is 0 Å². The molecule has 0 aliphatic carbocycles. The molecule has 7 nitrogen and oxygen atoms in total. The average molecular weight is 405 g/mol. The molecule has 0 bridgehead atoms. The summed E-state index contributed by atoms with van der Waals surface area (Å²) in [6, 6.07) is 2.41. The zero-order chi connectivity index (χ0) is 18.8. The lowest BCUT2D eigenvalue weighted by molar-refractivity contribution is 0.102. The molecule has 0 unspecified atom stereocenters. The fourth-order valence-corrected chi connectivity index (χ4v) is 4.02. The maximum absolute atomic E-state index is 12.4. The van der Waals surface area contributed by atoms with Crippen molar-refractivity contribution in [3.05, 3.63) is 40.1 Å². The Hall–Kier alpha value is -1.61. The van der Waals surface area contributed by atoms with E-state index in [0.29, 0.717) is 5.69 Å². The number of sulfonamides is 1. The highest BCUT2D eigenvalue weighted by atomic mass is 35.5. The van der Waals surface area contributed by atoms with Gasteiger partial charge in [0.25, 0.3) is 5.91 Å². The van der Waals surface area contributed by atoms with Crippen LogP contribution in [0.25, 0.3) is 0 Å². The van der Waals surface area contributed by atoms with Gasteiger partial charge in [-0.15, -0.1) is 0 Å². The van der Waals surface area contributed by atoms with Gasteiger partial charge >= 0.3 is 0 Å². The Kier molecular flexibility index (Phi) is 6.10. The van der Waals surface area contributed by atoms with E-state index in [0.717, 1.165) is 0 Å². The molecule has 2 rings (SSSR count). The fourth-order valence-electron chi connectivity index (χ4n) is 1.95. The lowest BCUT2D eigenvalue weighted by atomic mass is 10.2. The molecule has 0 spiro atoms. The van der Waals surface area contributed by atoms with Gasteiger partial charge in [-0.1, -0.05) is 37.0 Å². The van der Waals surface area contributed by atoms with E-state index in [1.807, 2.05) is 13.8 Å². The number of aryl methyl sites for hydroxylation is 1. The van der Waals surface area contributed by atoms with Crippen LogP contribution in [-0.2, 0) is 17.1 Å². The molecule has 0 fully saturated rings. The molecule has 0 radical (unpaired) electrons. The highest BCUT2D eigenvalue weighted by Gasteiger charge is 2.23. The van der Waals surface area contributed by atoms with Crippen LogP contribution in [0.4, 0.5) is 5.69 Å². The molecule has 25 heavy (non-hydrogen) atoms. The van der Waals surface area contributed by atoms with Crippen LogP contribution < -0.4 is 10.0 Å². The summed E-state index contributed by atoms with van der Waals surface area (Å²) in [4.78, 5) is 12.2. The predicted molar refractivity (Wildman–Crippen MR) is 97.6 cm³/mol. The molecular weight excluding hydrogens is 387 g/mol. The highest BCUT2D eigenvalue weighted by molar-refractivity contribution is 7.89. The van der Waals surface area contributed by atoms with Crippen molar-refractivity contribution in [2.75, 3.05) is 11.9 Å². The summed E-state index contributed by atoms with van der Waals surface area (Å²) < 4.78 is 28.8. The molecule has 1 aromatic heterocycles. The SMILES string of the molecule is CC(C)CNS(=O)(=O)c1cc(C(=O)Nc2cnn(C)c2)c(Cl)cc1Cl. The number of aromatic nitrogens is 2. The largest absolute Gasteiger partial charge is 0.319 e. The van der Waals surface area contributed by atoms with Crippen molar-refractivity contribution in [3.63, 3.8) is 0 Å². The van der Waals surface area contributed by atoms with Crippen LogP contribution >= 0.6 is 23.2 Å². The molecule has 1 heterocycles. The van der Waals surface area contributed by atoms with E-state index < -0.39 is 15.9 Å². The normalized spacial score (nSPS) is 11.8. The van der Waals surface area contributed by atoms with Gasteiger partial charge in [-0.05, 0) is 18.1 Å². The lowest BCUT2D eigenvalue weighted by Gasteiger charge is -2.12. The Bertz CT molecular complexity index is 894. The first-order valence-corrected chi connectivity index (χ1v) is 9.62. The number of anilines is 1. The quantitative estimate of drug-likeness (QED) is 0.773. The Morgan fingerprint density at radius 2 is 1.96 bits per heavy atom. The van der Waals surface area contributed by atoms with Gasteiger partial charge in [-0.25, -0.2) is 13.1 Å². The van der Waals surface area contributed by atoms with Crippen LogP contribution in [0.2, 0.25) is 10.0 Å². The summed E-state index contributed by atoms with van der Waals surface area (Å²) in [6.07, 6.45) is 3.06. The first-order valence-electron chi connectivity index (χ1n) is 7.39. The van der Waals surface area contributed by atoms with Gasteiger partial charge in [-0.2, -0.15) is 5.10 Å². The van der Waals surface area contributed by atoms with Crippen molar-refractivity contribution < 1.29 is 13.2 Å². The van der Waals surface area contributed by atoms with E-state index in [4.69, 9.17) is 23.2 Å². The number of amides is 1. The second-order valence-electron chi connectivity index (χ2n) is 5.87. The van der Waals surface area contributed by atoms with Gasteiger partial charge < -0.3 is 5.32 Å². The van der Waals surface area contributed by atoms with Crippen molar-refractivity contribution in [3.8, 4) is 0 Å². The summed E-state index contributed by atoms with van der Waals surface area (Å²) in [7, 11) is -2.16. The molecule has 1 aromatic carbocycles. The summed E-state index contributed by atoms with van der Waals surface area (Å²) in [5, 5.41) is 6.54. The standard InChI is InChI=1S/C15H18Cl2N4O3S/c1-9(2)6-19-25(23,24)14-4-11(12(16)5-13(14)17)15(22)20-10-7-18-21(3)8-10/h4-5,7-9,19H,6H2,1-3H3,(H,20,22). The molecule has 0 aliphatic rings. The van der Waals surface area contributed by atoms with Gasteiger partial charge in [-0.3, -0.25) is 9.48 Å².